The van der Waals surface area contributed by atoms with Crippen LogP contribution in [0.15, 0.2) is 53.4 Å². The summed E-state index contributed by atoms with van der Waals surface area (Å²) in [4.78, 5) is 5.94. The molecule has 0 bridgehead atoms. The number of imidazole rings is 1. The van der Waals surface area contributed by atoms with Gasteiger partial charge in [-0.05, 0) is 42.3 Å². The molecule has 0 unspecified atom stereocenters. The Morgan fingerprint density at radius 3 is 2.62 bits per heavy atom. The number of rotatable bonds is 4. The lowest BCUT2D eigenvalue weighted by molar-refractivity contribution is 0.829. The van der Waals surface area contributed by atoms with Gasteiger partial charge in [0, 0.05) is 31.1 Å². The van der Waals surface area contributed by atoms with Gasteiger partial charge in [-0.3, -0.25) is 0 Å². The van der Waals surface area contributed by atoms with Gasteiger partial charge in [-0.15, -0.1) is 0 Å². The quantitative estimate of drug-likeness (QED) is 0.671. The molecule has 0 aliphatic carbocycles. The van der Waals surface area contributed by atoms with Crippen LogP contribution in [0.4, 0.5) is 5.69 Å². The molecule has 0 fully saturated rings. The van der Waals surface area contributed by atoms with Crippen LogP contribution in [0.25, 0.3) is 11.0 Å². The van der Waals surface area contributed by atoms with Crippen LogP contribution in [0, 0.1) is 0 Å². The average Bonchev–Trinajstić information content (AvgIpc) is 2.84. The molecule has 0 aliphatic rings. The molecule has 0 radical (unpaired) electrons. The minimum atomic E-state index is 0.953. The van der Waals surface area contributed by atoms with Crippen molar-refractivity contribution >= 4 is 28.7 Å². The van der Waals surface area contributed by atoms with E-state index in [0.29, 0.717) is 0 Å². The largest absolute Gasteiger partial charge is 0.331 e. The van der Waals surface area contributed by atoms with Gasteiger partial charge in [0.25, 0.3) is 0 Å². The van der Waals surface area contributed by atoms with Crippen LogP contribution < -0.4 is 4.31 Å². The third kappa shape index (κ3) is 2.76. The van der Waals surface area contributed by atoms with Crippen molar-refractivity contribution in [2.24, 2.45) is 7.05 Å². The van der Waals surface area contributed by atoms with Gasteiger partial charge in [0.1, 0.15) is 5.82 Å². The molecule has 0 atom stereocenters. The summed E-state index contributed by atoms with van der Waals surface area (Å²) in [5, 5.41) is 0. The number of aryl methyl sites for hydroxylation is 2. The Morgan fingerprint density at radius 2 is 1.90 bits per heavy atom. The Hall–Kier alpha value is -1.94. The van der Waals surface area contributed by atoms with Crippen LogP contribution >= 0.6 is 11.9 Å². The lowest BCUT2D eigenvalue weighted by Gasteiger charge is -2.17. The number of benzene rings is 2. The Bertz CT molecular complexity index is 749. The van der Waals surface area contributed by atoms with Crippen LogP contribution in [-0.2, 0) is 13.5 Å². The van der Waals surface area contributed by atoms with Gasteiger partial charge < -0.3 is 8.87 Å². The predicted molar refractivity (Wildman–Crippen MR) is 90.8 cm³/mol. The van der Waals surface area contributed by atoms with Gasteiger partial charge in [-0.2, -0.15) is 0 Å². The fraction of sp³-hybridized carbons (Fsp3) is 0.235. The molecule has 0 aliphatic heterocycles. The molecule has 3 rings (SSSR count). The maximum absolute atomic E-state index is 4.71. The fourth-order valence-corrected chi connectivity index (χ4v) is 3.26. The first-order valence-corrected chi connectivity index (χ1v) is 7.88. The van der Waals surface area contributed by atoms with E-state index < -0.39 is 0 Å². The van der Waals surface area contributed by atoms with Crippen LogP contribution in [0.5, 0.6) is 0 Å². The zero-order valence-corrected chi connectivity index (χ0v) is 13.4. The second-order valence-corrected chi connectivity index (χ2v) is 6.22. The van der Waals surface area contributed by atoms with Gasteiger partial charge in [0.15, 0.2) is 0 Å². The van der Waals surface area contributed by atoms with Crippen molar-refractivity contribution in [2.45, 2.75) is 18.2 Å². The highest BCUT2D eigenvalue weighted by Crippen LogP contribution is 2.29. The molecule has 0 N–H and O–H groups in total. The van der Waals surface area contributed by atoms with Crippen molar-refractivity contribution in [1.29, 1.82) is 0 Å². The van der Waals surface area contributed by atoms with Crippen molar-refractivity contribution < 1.29 is 0 Å². The molecule has 1 aromatic heterocycles. The summed E-state index contributed by atoms with van der Waals surface area (Å²) >= 11 is 1.72. The smallest absolute Gasteiger partial charge is 0.109 e. The molecule has 3 nitrogen and oxygen atoms in total. The number of hydrogen-bond acceptors (Lipinski definition) is 3. The zero-order chi connectivity index (χ0) is 14.8. The number of fused-ring (bicyclic) bond motifs is 1. The van der Waals surface area contributed by atoms with Gasteiger partial charge >= 0.3 is 0 Å². The minimum absolute atomic E-state index is 0.953. The van der Waals surface area contributed by atoms with Gasteiger partial charge in [-0.25, -0.2) is 4.98 Å². The minimum Gasteiger partial charge on any atom is -0.331 e. The molecule has 0 amide bonds. The first kappa shape index (κ1) is 14.0. The van der Waals surface area contributed by atoms with E-state index in [1.807, 2.05) is 6.07 Å². The van der Waals surface area contributed by atoms with Crippen molar-refractivity contribution in [3.63, 3.8) is 0 Å². The van der Waals surface area contributed by atoms with E-state index >= 15 is 0 Å². The second kappa shape index (κ2) is 5.82. The summed E-state index contributed by atoms with van der Waals surface area (Å²) in [6, 6.07) is 16.9. The van der Waals surface area contributed by atoms with Crippen molar-refractivity contribution in [2.75, 3.05) is 11.4 Å². The summed E-state index contributed by atoms with van der Waals surface area (Å²) in [5.74, 6) is 1.13. The highest BCUT2D eigenvalue weighted by Gasteiger charge is 2.09. The fourth-order valence-electron chi connectivity index (χ4n) is 2.44. The van der Waals surface area contributed by atoms with Crippen LogP contribution in [0.3, 0.4) is 0 Å². The van der Waals surface area contributed by atoms with E-state index in [9.17, 15) is 0 Å². The van der Waals surface area contributed by atoms with Gasteiger partial charge in [-0.1, -0.05) is 25.1 Å². The second-order valence-electron chi connectivity index (χ2n) is 5.02. The molecule has 0 saturated carbocycles. The summed E-state index contributed by atoms with van der Waals surface area (Å²) in [6.07, 6.45) is 0.953. The zero-order valence-electron chi connectivity index (χ0n) is 12.6. The number of hydrogen-bond donors (Lipinski definition) is 0. The molecule has 1 heterocycles. The normalized spacial score (nSPS) is 11.0. The Kier molecular flexibility index (Phi) is 3.88. The monoisotopic (exact) mass is 297 g/mol. The first-order chi connectivity index (χ1) is 10.2. The molecule has 0 spiro atoms. The Balaban J connectivity index is 1.90. The molecular formula is C17H19N3S. The maximum Gasteiger partial charge on any atom is 0.109 e. The van der Waals surface area contributed by atoms with Crippen molar-refractivity contribution in [1.82, 2.24) is 9.55 Å². The topological polar surface area (TPSA) is 21.1 Å². The highest BCUT2D eigenvalue weighted by molar-refractivity contribution is 8.00. The van der Waals surface area contributed by atoms with Crippen LogP contribution in [0.1, 0.15) is 12.7 Å². The molecule has 108 valence electrons. The van der Waals surface area contributed by atoms with Crippen LogP contribution in [-0.4, -0.2) is 16.6 Å². The summed E-state index contributed by atoms with van der Waals surface area (Å²) < 4.78 is 4.35. The predicted octanol–water partition coefficient (Wildman–Crippen LogP) is 4.28. The molecule has 21 heavy (non-hydrogen) atoms. The van der Waals surface area contributed by atoms with E-state index in [1.54, 1.807) is 11.9 Å². The Morgan fingerprint density at radius 1 is 1.14 bits per heavy atom. The molecular weight excluding hydrogens is 278 g/mol. The van der Waals surface area contributed by atoms with E-state index in [2.05, 4.69) is 72.4 Å². The summed E-state index contributed by atoms with van der Waals surface area (Å²) in [5.41, 5.74) is 3.41. The van der Waals surface area contributed by atoms with Crippen LogP contribution in [0.2, 0.25) is 0 Å². The lowest BCUT2D eigenvalue weighted by atomic mass is 10.3. The van der Waals surface area contributed by atoms with E-state index in [-0.39, 0.29) is 0 Å². The van der Waals surface area contributed by atoms with E-state index in [1.165, 1.54) is 10.4 Å². The number of anilines is 1. The molecule has 2 aromatic carbocycles. The van der Waals surface area contributed by atoms with Crippen molar-refractivity contribution in [3.05, 3.63) is 54.4 Å². The lowest BCUT2D eigenvalue weighted by Crippen LogP contribution is -2.05. The average molecular weight is 297 g/mol. The highest BCUT2D eigenvalue weighted by atomic mass is 32.2. The summed E-state index contributed by atoms with van der Waals surface area (Å²) in [6.45, 7) is 2.14. The third-order valence-electron chi connectivity index (χ3n) is 3.62. The molecule has 3 aromatic rings. The third-order valence-corrected chi connectivity index (χ3v) is 4.59. The Labute approximate surface area is 129 Å². The van der Waals surface area contributed by atoms with Gasteiger partial charge in [0.05, 0.1) is 11.0 Å². The standard InChI is InChI=1S/C17H19N3S/c1-4-17-18-15-12-13(10-11-16(15)19(17)2)20(3)21-14-8-6-5-7-9-14/h5-12H,4H2,1-3H3. The number of aromatic nitrogens is 2. The van der Waals surface area contributed by atoms with E-state index in [0.717, 1.165) is 23.4 Å². The maximum atomic E-state index is 4.71. The number of nitrogens with zero attached hydrogens (tertiary/aromatic N) is 3. The van der Waals surface area contributed by atoms with Crippen molar-refractivity contribution in [3.8, 4) is 0 Å². The molecule has 4 heteroatoms. The molecule has 0 saturated heterocycles. The SMILES string of the molecule is CCc1nc2cc(N(C)Sc3ccccc3)ccc2n1C. The van der Waals surface area contributed by atoms with Gasteiger partial charge in [0.2, 0.25) is 0 Å². The van der Waals surface area contributed by atoms with E-state index in [4.69, 9.17) is 4.98 Å². The first-order valence-electron chi connectivity index (χ1n) is 7.11. The summed E-state index contributed by atoms with van der Waals surface area (Å²) in [7, 11) is 4.17.